The zero-order chi connectivity index (χ0) is 13.8. The molecule has 0 spiro atoms. The van der Waals surface area contributed by atoms with Gasteiger partial charge in [0.15, 0.2) is 0 Å². The summed E-state index contributed by atoms with van der Waals surface area (Å²) in [6, 6.07) is 7.06. The van der Waals surface area contributed by atoms with E-state index >= 15 is 0 Å². The van der Waals surface area contributed by atoms with Gasteiger partial charge in [-0.3, -0.25) is 0 Å². The summed E-state index contributed by atoms with van der Waals surface area (Å²) >= 11 is 0. The van der Waals surface area contributed by atoms with E-state index in [0.717, 1.165) is 29.9 Å². The van der Waals surface area contributed by atoms with Crippen molar-refractivity contribution in [3.05, 3.63) is 58.8 Å². The lowest BCUT2D eigenvalue weighted by Gasteiger charge is -2.20. The van der Waals surface area contributed by atoms with Crippen molar-refractivity contribution in [3.63, 3.8) is 0 Å². The van der Waals surface area contributed by atoms with Crippen molar-refractivity contribution in [2.24, 2.45) is 0 Å². The minimum absolute atomic E-state index is 0.178. The number of nitrogens with one attached hydrogen (secondary N) is 1. The molecule has 1 N–H and O–H groups in total. The fourth-order valence-electron chi connectivity index (χ4n) is 2.38. The van der Waals surface area contributed by atoms with Gasteiger partial charge in [-0.15, -0.1) is 0 Å². The van der Waals surface area contributed by atoms with Gasteiger partial charge < -0.3 is 9.73 Å². The summed E-state index contributed by atoms with van der Waals surface area (Å²) < 4.78 is 19.8. The highest BCUT2D eigenvalue weighted by Crippen LogP contribution is 2.28. The molecular weight excluding hydrogens is 241 g/mol. The molecule has 1 aromatic heterocycles. The Labute approximate surface area is 113 Å². The molecule has 0 aliphatic carbocycles. The standard InChI is InChI=1S/C16H20FNO/c1-4-7-18-16(14-6-5-8-19-14)15-12(3)9-11(2)10-13(15)17/h5-6,8-10,16,18H,4,7H2,1-3H3. The quantitative estimate of drug-likeness (QED) is 0.875. The Bertz CT molecular complexity index is 511. The topological polar surface area (TPSA) is 25.2 Å². The Balaban J connectivity index is 2.44. The second kappa shape index (κ2) is 6.02. The van der Waals surface area contributed by atoms with Gasteiger partial charge in [-0.1, -0.05) is 13.0 Å². The van der Waals surface area contributed by atoms with Gasteiger partial charge in [0.25, 0.3) is 0 Å². The van der Waals surface area contributed by atoms with Crippen molar-refractivity contribution in [1.82, 2.24) is 5.32 Å². The highest BCUT2D eigenvalue weighted by atomic mass is 19.1. The molecule has 0 amide bonds. The first-order valence-electron chi connectivity index (χ1n) is 6.67. The van der Waals surface area contributed by atoms with Crippen molar-refractivity contribution in [3.8, 4) is 0 Å². The molecule has 0 fully saturated rings. The highest BCUT2D eigenvalue weighted by molar-refractivity contribution is 5.37. The van der Waals surface area contributed by atoms with Crippen molar-refractivity contribution in [2.45, 2.75) is 33.2 Å². The summed E-state index contributed by atoms with van der Waals surface area (Å²) in [7, 11) is 0. The number of aryl methyl sites for hydroxylation is 2. The van der Waals surface area contributed by atoms with Crippen LogP contribution in [0.5, 0.6) is 0 Å². The SMILES string of the molecule is CCCNC(c1ccco1)c1c(C)cc(C)cc1F. The van der Waals surface area contributed by atoms with Crippen LogP contribution in [0.1, 0.15) is 41.8 Å². The van der Waals surface area contributed by atoms with Gasteiger partial charge in [0.05, 0.1) is 12.3 Å². The second-order valence-corrected chi connectivity index (χ2v) is 4.88. The zero-order valence-electron chi connectivity index (χ0n) is 11.7. The summed E-state index contributed by atoms with van der Waals surface area (Å²) in [6.45, 7) is 6.75. The predicted molar refractivity (Wildman–Crippen MR) is 74.7 cm³/mol. The van der Waals surface area contributed by atoms with Crippen LogP contribution in [0.25, 0.3) is 0 Å². The van der Waals surface area contributed by atoms with Crippen LogP contribution in [0, 0.1) is 19.7 Å². The molecule has 1 atom stereocenters. The lowest BCUT2D eigenvalue weighted by atomic mass is 9.96. The van der Waals surface area contributed by atoms with E-state index in [1.807, 2.05) is 32.0 Å². The predicted octanol–water partition coefficient (Wildman–Crippen LogP) is 4.12. The lowest BCUT2D eigenvalue weighted by molar-refractivity contribution is 0.435. The van der Waals surface area contributed by atoms with Crippen LogP contribution >= 0.6 is 0 Å². The molecule has 2 nitrogen and oxygen atoms in total. The van der Waals surface area contributed by atoms with Crippen LogP contribution in [0.3, 0.4) is 0 Å². The number of furan rings is 1. The largest absolute Gasteiger partial charge is 0.467 e. The molecule has 1 heterocycles. The summed E-state index contributed by atoms with van der Waals surface area (Å²) in [5, 5.41) is 3.36. The maximum Gasteiger partial charge on any atom is 0.128 e. The number of halogens is 1. The minimum Gasteiger partial charge on any atom is -0.467 e. The first kappa shape index (κ1) is 13.8. The van der Waals surface area contributed by atoms with Crippen LogP contribution in [0.4, 0.5) is 4.39 Å². The van der Waals surface area contributed by atoms with E-state index in [9.17, 15) is 4.39 Å². The number of hydrogen-bond donors (Lipinski definition) is 1. The van der Waals surface area contributed by atoms with E-state index in [1.54, 1.807) is 12.3 Å². The summed E-state index contributed by atoms with van der Waals surface area (Å²) in [5.74, 6) is 0.571. The monoisotopic (exact) mass is 261 g/mol. The first-order valence-corrected chi connectivity index (χ1v) is 6.67. The van der Waals surface area contributed by atoms with Crippen LogP contribution < -0.4 is 5.32 Å². The molecule has 0 bridgehead atoms. The lowest BCUT2D eigenvalue weighted by Crippen LogP contribution is -2.24. The van der Waals surface area contributed by atoms with Crippen LogP contribution in [0.2, 0.25) is 0 Å². The van der Waals surface area contributed by atoms with Crippen molar-refractivity contribution >= 4 is 0 Å². The van der Waals surface area contributed by atoms with E-state index in [-0.39, 0.29) is 11.9 Å². The zero-order valence-corrected chi connectivity index (χ0v) is 11.7. The van der Waals surface area contributed by atoms with Crippen molar-refractivity contribution in [1.29, 1.82) is 0 Å². The Kier molecular flexibility index (Phi) is 4.38. The molecule has 1 unspecified atom stereocenters. The Morgan fingerprint density at radius 2 is 2.11 bits per heavy atom. The van der Waals surface area contributed by atoms with E-state index in [1.165, 1.54) is 0 Å². The van der Waals surface area contributed by atoms with Crippen LogP contribution in [-0.4, -0.2) is 6.54 Å². The smallest absolute Gasteiger partial charge is 0.128 e. The van der Waals surface area contributed by atoms with E-state index < -0.39 is 0 Å². The van der Waals surface area contributed by atoms with Gasteiger partial charge in [0.1, 0.15) is 11.6 Å². The number of benzene rings is 1. The average molecular weight is 261 g/mol. The van der Waals surface area contributed by atoms with Gasteiger partial charge in [0, 0.05) is 5.56 Å². The Hall–Kier alpha value is -1.61. The molecule has 19 heavy (non-hydrogen) atoms. The minimum atomic E-state index is -0.226. The fourth-order valence-corrected chi connectivity index (χ4v) is 2.38. The number of rotatable bonds is 5. The fraction of sp³-hybridized carbons (Fsp3) is 0.375. The molecule has 2 rings (SSSR count). The normalized spacial score (nSPS) is 12.6. The van der Waals surface area contributed by atoms with E-state index in [0.29, 0.717) is 5.56 Å². The Morgan fingerprint density at radius 3 is 2.68 bits per heavy atom. The van der Waals surface area contributed by atoms with Gasteiger partial charge in [-0.05, 0) is 56.1 Å². The maximum absolute atomic E-state index is 14.3. The molecule has 0 aliphatic heterocycles. The van der Waals surface area contributed by atoms with Gasteiger partial charge in [-0.25, -0.2) is 4.39 Å². The highest BCUT2D eigenvalue weighted by Gasteiger charge is 2.22. The number of hydrogen-bond acceptors (Lipinski definition) is 2. The third kappa shape index (κ3) is 3.04. The second-order valence-electron chi connectivity index (χ2n) is 4.88. The van der Waals surface area contributed by atoms with Crippen LogP contribution in [-0.2, 0) is 0 Å². The molecule has 0 saturated heterocycles. The third-order valence-corrected chi connectivity index (χ3v) is 3.20. The molecule has 102 valence electrons. The van der Waals surface area contributed by atoms with E-state index in [2.05, 4.69) is 12.2 Å². The molecule has 1 aromatic carbocycles. The van der Waals surface area contributed by atoms with Crippen molar-refractivity contribution in [2.75, 3.05) is 6.54 Å². The Morgan fingerprint density at radius 1 is 1.32 bits per heavy atom. The van der Waals surface area contributed by atoms with E-state index in [4.69, 9.17) is 4.42 Å². The molecular formula is C16H20FNO. The molecule has 0 radical (unpaired) electrons. The third-order valence-electron chi connectivity index (χ3n) is 3.20. The molecule has 2 aromatic rings. The van der Waals surface area contributed by atoms with Crippen molar-refractivity contribution < 1.29 is 8.81 Å². The molecule has 0 aliphatic rings. The van der Waals surface area contributed by atoms with Gasteiger partial charge >= 0.3 is 0 Å². The van der Waals surface area contributed by atoms with Gasteiger partial charge in [-0.2, -0.15) is 0 Å². The first-order chi connectivity index (χ1) is 9.13. The summed E-state index contributed by atoms with van der Waals surface area (Å²) in [4.78, 5) is 0. The average Bonchev–Trinajstić information content (AvgIpc) is 2.85. The molecule has 0 saturated carbocycles. The maximum atomic E-state index is 14.3. The summed E-state index contributed by atoms with van der Waals surface area (Å²) in [6.07, 6.45) is 2.61. The van der Waals surface area contributed by atoms with Gasteiger partial charge in [0.2, 0.25) is 0 Å². The molecule has 3 heteroatoms. The van der Waals surface area contributed by atoms with Crippen LogP contribution in [0.15, 0.2) is 34.9 Å². The summed E-state index contributed by atoms with van der Waals surface area (Å²) in [5.41, 5.74) is 2.56.